The first kappa shape index (κ1) is 18.5. The summed E-state index contributed by atoms with van der Waals surface area (Å²) in [5.41, 5.74) is 3.67. The van der Waals surface area contributed by atoms with Gasteiger partial charge in [0.05, 0.1) is 12.1 Å². The van der Waals surface area contributed by atoms with Crippen molar-refractivity contribution < 1.29 is 14.7 Å². The van der Waals surface area contributed by atoms with Crippen molar-refractivity contribution in [2.75, 3.05) is 5.32 Å². The minimum absolute atomic E-state index is 0.0722. The Bertz CT molecular complexity index is 879. The van der Waals surface area contributed by atoms with Gasteiger partial charge in [-0.25, -0.2) is 4.79 Å². The monoisotopic (exact) mass is 379 g/mol. The highest BCUT2D eigenvalue weighted by Crippen LogP contribution is 2.31. The van der Waals surface area contributed by atoms with Gasteiger partial charge < -0.3 is 21.1 Å². The number of benzene rings is 2. The van der Waals surface area contributed by atoms with E-state index >= 15 is 0 Å². The van der Waals surface area contributed by atoms with Crippen LogP contribution >= 0.6 is 0 Å². The van der Waals surface area contributed by atoms with E-state index in [4.69, 9.17) is 0 Å². The van der Waals surface area contributed by atoms with Crippen LogP contribution in [0.5, 0.6) is 0 Å². The summed E-state index contributed by atoms with van der Waals surface area (Å²) in [6, 6.07) is 14.5. The van der Waals surface area contributed by atoms with Gasteiger partial charge in [0.15, 0.2) is 0 Å². The normalized spacial score (nSPS) is 20.8. The predicted molar refractivity (Wildman–Crippen MR) is 107 cm³/mol. The number of rotatable bonds is 5. The van der Waals surface area contributed by atoms with E-state index in [2.05, 4.69) is 16.0 Å². The average Bonchev–Trinajstić information content (AvgIpc) is 2.94. The summed E-state index contributed by atoms with van der Waals surface area (Å²) in [5.74, 6) is 0.205. The van der Waals surface area contributed by atoms with E-state index in [0.29, 0.717) is 13.0 Å². The highest BCUT2D eigenvalue weighted by Gasteiger charge is 2.31. The first-order valence-electron chi connectivity index (χ1n) is 9.80. The van der Waals surface area contributed by atoms with Crippen LogP contribution in [0.4, 0.5) is 10.5 Å². The molecule has 4 N–H and O–H groups in total. The topological polar surface area (TPSA) is 90.5 Å². The maximum Gasteiger partial charge on any atom is 0.315 e. The molecule has 146 valence electrons. The molecule has 2 atom stereocenters. The number of nitrogens with one attached hydrogen (secondary N) is 3. The zero-order valence-corrected chi connectivity index (χ0v) is 15.7. The van der Waals surface area contributed by atoms with Crippen molar-refractivity contribution in [3.05, 3.63) is 65.2 Å². The van der Waals surface area contributed by atoms with Crippen molar-refractivity contribution >= 4 is 17.6 Å². The third kappa shape index (κ3) is 4.02. The number of aliphatic hydroxyl groups is 1. The summed E-state index contributed by atoms with van der Waals surface area (Å²) in [4.78, 5) is 24.4. The maximum atomic E-state index is 12.3. The molecule has 0 aromatic heterocycles. The summed E-state index contributed by atoms with van der Waals surface area (Å²) in [6.07, 6.45) is 2.97. The summed E-state index contributed by atoms with van der Waals surface area (Å²) >= 11 is 0. The molecule has 2 aromatic rings. The number of urea groups is 1. The Hall–Kier alpha value is -2.86. The van der Waals surface area contributed by atoms with Gasteiger partial charge in [0.1, 0.15) is 0 Å². The van der Waals surface area contributed by atoms with Crippen molar-refractivity contribution in [1.82, 2.24) is 10.6 Å². The van der Waals surface area contributed by atoms with E-state index in [1.54, 1.807) is 0 Å². The van der Waals surface area contributed by atoms with Gasteiger partial charge in [-0.3, -0.25) is 4.79 Å². The number of carbonyl (C=O) groups excluding carboxylic acids is 2. The van der Waals surface area contributed by atoms with Crippen molar-refractivity contribution in [2.45, 2.75) is 44.4 Å². The van der Waals surface area contributed by atoms with E-state index in [1.807, 2.05) is 48.5 Å². The Labute approximate surface area is 164 Å². The third-order valence-corrected chi connectivity index (χ3v) is 5.61. The Morgan fingerprint density at radius 2 is 1.89 bits per heavy atom. The second kappa shape index (κ2) is 8.02. The molecule has 1 fully saturated rings. The largest absolute Gasteiger partial charge is 0.390 e. The lowest BCUT2D eigenvalue weighted by Gasteiger charge is -2.24. The lowest BCUT2D eigenvalue weighted by molar-refractivity contribution is -0.122. The van der Waals surface area contributed by atoms with Crippen LogP contribution in [0.1, 0.15) is 42.0 Å². The van der Waals surface area contributed by atoms with Gasteiger partial charge in [-0.1, -0.05) is 42.8 Å². The molecular formula is C22H25N3O3. The molecular weight excluding hydrogens is 354 g/mol. The van der Waals surface area contributed by atoms with Crippen LogP contribution in [0.25, 0.3) is 0 Å². The summed E-state index contributed by atoms with van der Waals surface area (Å²) in [7, 11) is 0. The van der Waals surface area contributed by atoms with Crippen LogP contribution in [-0.4, -0.2) is 23.1 Å². The Kier molecular flexibility index (Phi) is 5.30. The highest BCUT2D eigenvalue weighted by molar-refractivity contribution is 5.93. The molecule has 0 saturated heterocycles. The number of hydrogen-bond donors (Lipinski definition) is 4. The van der Waals surface area contributed by atoms with Gasteiger partial charge in [-0.2, -0.15) is 0 Å². The Morgan fingerprint density at radius 3 is 2.68 bits per heavy atom. The van der Waals surface area contributed by atoms with Crippen LogP contribution in [0.2, 0.25) is 0 Å². The second-order valence-electron chi connectivity index (χ2n) is 7.59. The van der Waals surface area contributed by atoms with Gasteiger partial charge in [-0.15, -0.1) is 0 Å². The Morgan fingerprint density at radius 1 is 1.07 bits per heavy atom. The van der Waals surface area contributed by atoms with Crippen molar-refractivity contribution in [1.29, 1.82) is 0 Å². The van der Waals surface area contributed by atoms with Gasteiger partial charge in [-0.05, 0) is 41.7 Å². The molecule has 0 heterocycles. The van der Waals surface area contributed by atoms with E-state index in [9.17, 15) is 14.7 Å². The van der Waals surface area contributed by atoms with Gasteiger partial charge in [0.25, 0.3) is 0 Å². The summed E-state index contributed by atoms with van der Waals surface area (Å²) < 4.78 is 0. The molecule has 4 rings (SSSR count). The molecule has 3 amide bonds. The van der Waals surface area contributed by atoms with Crippen LogP contribution in [0.15, 0.2) is 48.5 Å². The highest BCUT2D eigenvalue weighted by atomic mass is 16.3. The van der Waals surface area contributed by atoms with Crippen molar-refractivity contribution in [3.63, 3.8) is 0 Å². The second-order valence-corrected chi connectivity index (χ2v) is 7.59. The first-order valence-corrected chi connectivity index (χ1v) is 9.80. The molecule has 1 saturated carbocycles. The summed E-state index contributed by atoms with van der Waals surface area (Å²) in [5, 5.41) is 18.9. The number of fused-ring (bicyclic) bond motifs is 1. The third-order valence-electron chi connectivity index (χ3n) is 5.61. The molecule has 0 radical (unpaired) electrons. The standard InChI is InChI=1S/C22H25N3O3/c26-19-12-16-6-1-2-10-18(16)20(19)25-22(28)23-13-14-5-3-9-17(11-14)24-21(27)15-7-4-8-15/h1-3,5-6,9-11,15,19-20,26H,4,7-8,12-13H2,(H,24,27)(H2,23,25,28). The first-order chi connectivity index (χ1) is 13.6. The molecule has 6 nitrogen and oxygen atoms in total. The quantitative estimate of drug-likeness (QED) is 0.644. The van der Waals surface area contributed by atoms with Crippen LogP contribution in [0, 0.1) is 5.92 Å². The predicted octanol–water partition coefficient (Wildman–Crippen LogP) is 2.88. The van der Waals surface area contributed by atoms with Crippen molar-refractivity contribution in [2.24, 2.45) is 5.92 Å². The number of aliphatic hydroxyl groups excluding tert-OH is 1. The fraction of sp³-hybridized carbons (Fsp3) is 0.364. The molecule has 2 aliphatic rings. The van der Waals surface area contributed by atoms with Crippen LogP contribution in [-0.2, 0) is 17.8 Å². The van der Waals surface area contributed by atoms with Crippen LogP contribution < -0.4 is 16.0 Å². The van der Waals surface area contributed by atoms with E-state index < -0.39 is 12.1 Å². The molecule has 0 aliphatic heterocycles. The maximum absolute atomic E-state index is 12.3. The number of anilines is 1. The van der Waals surface area contributed by atoms with Crippen molar-refractivity contribution in [3.8, 4) is 0 Å². The van der Waals surface area contributed by atoms with Gasteiger partial charge in [0.2, 0.25) is 5.91 Å². The SMILES string of the molecule is O=C(NCc1cccc(NC(=O)C2CCC2)c1)NC1c2ccccc2CC1O. The molecule has 2 aromatic carbocycles. The zero-order valence-electron chi connectivity index (χ0n) is 15.7. The van der Waals surface area contributed by atoms with Gasteiger partial charge >= 0.3 is 6.03 Å². The average molecular weight is 379 g/mol. The van der Waals surface area contributed by atoms with E-state index in [-0.39, 0.29) is 17.9 Å². The van der Waals surface area contributed by atoms with E-state index in [0.717, 1.165) is 41.6 Å². The zero-order chi connectivity index (χ0) is 19.5. The minimum atomic E-state index is -0.617. The van der Waals surface area contributed by atoms with Crippen LogP contribution in [0.3, 0.4) is 0 Å². The molecule has 28 heavy (non-hydrogen) atoms. The minimum Gasteiger partial charge on any atom is -0.390 e. The fourth-order valence-corrected chi connectivity index (χ4v) is 3.80. The van der Waals surface area contributed by atoms with Gasteiger partial charge in [0, 0.05) is 24.6 Å². The summed E-state index contributed by atoms with van der Waals surface area (Å²) in [6.45, 7) is 0.337. The molecule has 2 aliphatic carbocycles. The molecule has 2 unspecified atom stereocenters. The van der Waals surface area contributed by atoms with E-state index in [1.165, 1.54) is 0 Å². The number of hydrogen-bond acceptors (Lipinski definition) is 3. The Balaban J connectivity index is 1.31. The fourth-order valence-electron chi connectivity index (χ4n) is 3.80. The lowest BCUT2D eigenvalue weighted by atomic mass is 9.85. The molecule has 0 spiro atoms. The molecule has 0 bridgehead atoms. The smallest absolute Gasteiger partial charge is 0.315 e. The number of carbonyl (C=O) groups is 2. The number of amides is 3. The lowest BCUT2D eigenvalue weighted by Crippen LogP contribution is -2.40. The molecule has 6 heteroatoms.